The summed E-state index contributed by atoms with van der Waals surface area (Å²) in [6, 6.07) is 1.49. The largest absolute Gasteiger partial charge is 0.369 e. The second kappa shape index (κ2) is 4.76. The number of rotatable bonds is 2. The molecule has 2 rings (SSSR count). The molecule has 0 fully saturated rings. The highest BCUT2D eigenvalue weighted by Crippen LogP contribution is 2.23. The molecular formula is C13H18N4O. The van der Waals surface area contributed by atoms with E-state index in [1.54, 1.807) is 18.5 Å². The normalized spacial score (nSPS) is 11.2. The van der Waals surface area contributed by atoms with Crippen molar-refractivity contribution >= 4 is 6.03 Å². The smallest absolute Gasteiger partial charge is 0.244 e. The summed E-state index contributed by atoms with van der Waals surface area (Å²) in [5, 5.41) is 8.36. The minimum atomic E-state index is -0.237. The molecule has 2 aromatic rings. The van der Waals surface area contributed by atoms with Crippen LogP contribution in [0.3, 0.4) is 0 Å². The molecule has 0 saturated heterocycles. The van der Waals surface area contributed by atoms with Crippen molar-refractivity contribution in [1.29, 1.82) is 0 Å². The first-order valence-corrected chi connectivity index (χ1v) is 6.19. The van der Waals surface area contributed by atoms with Gasteiger partial charge in [-0.1, -0.05) is 20.8 Å². The molecule has 18 heavy (non-hydrogen) atoms. The predicted molar refractivity (Wildman–Crippen MR) is 68.9 cm³/mol. The Labute approximate surface area is 106 Å². The standard InChI is InChI=1S/C13H18N4O/c1-5-11-12(9(2)3)10(4)17(15-11)13(18)16-8-6-7-14-16/h6-9H,5H2,1-4H3. The van der Waals surface area contributed by atoms with Crippen LogP contribution in [-0.2, 0) is 6.42 Å². The van der Waals surface area contributed by atoms with Crippen LogP contribution in [-0.4, -0.2) is 25.6 Å². The van der Waals surface area contributed by atoms with Gasteiger partial charge in [-0.25, -0.2) is 4.79 Å². The second-order valence-electron chi connectivity index (χ2n) is 4.60. The summed E-state index contributed by atoms with van der Waals surface area (Å²) in [5.41, 5.74) is 3.06. The molecule has 0 saturated carbocycles. The van der Waals surface area contributed by atoms with Crippen molar-refractivity contribution < 1.29 is 4.79 Å². The quantitative estimate of drug-likeness (QED) is 0.818. The lowest BCUT2D eigenvalue weighted by Gasteiger charge is -2.06. The van der Waals surface area contributed by atoms with E-state index in [-0.39, 0.29) is 6.03 Å². The van der Waals surface area contributed by atoms with Gasteiger partial charge in [-0.2, -0.15) is 19.6 Å². The van der Waals surface area contributed by atoms with E-state index in [9.17, 15) is 4.79 Å². The third-order valence-electron chi connectivity index (χ3n) is 3.03. The Bertz CT molecular complexity index is 552. The third kappa shape index (κ3) is 1.96. The first-order chi connectivity index (χ1) is 8.56. The molecule has 0 amide bonds. The molecule has 0 atom stereocenters. The minimum absolute atomic E-state index is 0.237. The molecule has 2 heterocycles. The van der Waals surface area contributed by atoms with Crippen molar-refractivity contribution in [2.45, 2.75) is 40.0 Å². The van der Waals surface area contributed by atoms with Crippen LogP contribution in [0.25, 0.3) is 0 Å². The monoisotopic (exact) mass is 246 g/mol. The molecule has 0 aliphatic carbocycles. The Hall–Kier alpha value is -1.91. The summed E-state index contributed by atoms with van der Waals surface area (Å²) < 4.78 is 2.74. The highest BCUT2D eigenvalue weighted by molar-refractivity contribution is 5.78. The summed E-state index contributed by atoms with van der Waals surface area (Å²) in [7, 11) is 0. The fourth-order valence-electron chi connectivity index (χ4n) is 2.25. The van der Waals surface area contributed by atoms with Gasteiger partial charge in [-0.3, -0.25) is 0 Å². The number of hydrogen-bond donors (Lipinski definition) is 0. The third-order valence-corrected chi connectivity index (χ3v) is 3.03. The van der Waals surface area contributed by atoms with E-state index >= 15 is 0 Å². The first kappa shape index (κ1) is 12.5. The zero-order chi connectivity index (χ0) is 13.3. The van der Waals surface area contributed by atoms with E-state index in [4.69, 9.17) is 0 Å². The average molecular weight is 246 g/mol. The van der Waals surface area contributed by atoms with Gasteiger partial charge in [-0.15, -0.1) is 0 Å². The van der Waals surface area contributed by atoms with Gasteiger partial charge in [0.1, 0.15) is 0 Å². The lowest BCUT2D eigenvalue weighted by Crippen LogP contribution is -2.22. The Balaban J connectivity index is 2.50. The molecular weight excluding hydrogens is 228 g/mol. The van der Waals surface area contributed by atoms with E-state index < -0.39 is 0 Å². The van der Waals surface area contributed by atoms with Crippen LogP contribution in [0.5, 0.6) is 0 Å². The van der Waals surface area contributed by atoms with Gasteiger partial charge in [0, 0.05) is 18.1 Å². The number of aromatic nitrogens is 4. The lowest BCUT2D eigenvalue weighted by molar-refractivity contribution is 0.237. The van der Waals surface area contributed by atoms with Crippen LogP contribution in [0.4, 0.5) is 4.79 Å². The van der Waals surface area contributed by atoms with Crippen molar-refractivity contribution in [3.05, 3.63) is 35.4 Å². The van der Waals surface area contributed by atoms with Gasteiger partial charge in [0.15, 0.2) is 0 Å². The maximum atomic E-state index is 12.2. The Morgan fingerprint density at radius 1 is 1.44 bits per heavy atom. The Morgan fingerprint density at radius 3 is 2.61 bits per heavy atom. The van der Waals surface area contributed by atoms with Gasteiger partial charge in [-0.05, 0) is 30.9 Å². The van der Waals surface area contributed by atoms with Crippen molar-refractivity contribution in [3.63, 3.8) is 0 Å². The van der Waals surface area contributed by atoms with Gasteiger partial charge in [0.25, 0.3) is 0 Å². The molecule has 0 aromatic carbocycles. The second-order valence-corrected chi connectivity index (χ2v) is 4.60. The van der Waals surface area contributed by atoms with Gasteiger partial charge >= 0.3 is 6.03 Å². The average Bonchev–Trinajstić information content (AvgIpc) is 2.94. The zero-order valence-electron chi connectivity index (χ0n) is 11.2. The molecule has 0 spiro atoms. The summed E-state index contributed by atoms with van der Waals surface area (Å²) >= 11 is 0. The SMILES string of the molecule is CCc1nn(C(=O)n2cccn2)c(C)c1C(C)C. The fourth-order valence-corrected chi connectivity index (χ4v) is 2.25. The summed E-state index contributed by atoms with van der Waals surface area (Å²) in [4.78, 5) is 12.2. The van der Waals surface area contributed by atoms with Crippen LogP contribution < -0.4 is 0 Å². The van der Waals surface area contributed by atoms with Gasteiger partial charge < -0.3 is 0 Å². The number of carbonyl (C=O) groups excluding carboxylic acids is 1. The van der Waals surface area contributed by atoms with Gasteiger partial charge in [0.2, 0.25) is 0 Å². The number of hydrogen-bond acceptors (Lipinski definition) is 3. The molecule has 2 aromatic heterocycles. The van der Waals surface area contributed by atoms with Crippen LogP contribution in [0.1, 0.15) is 43.6 Å². The molecule has 0 aliphatic rings. The highest BCUT2D eigenvalue weighted by atomic mass is 16.2. The van der Waals surface area contributed by atoms with E-state index in [0.29, 0.717) is 5.92 Å². The van der Waals surface area contributed by atoms with E-state index in [1.165, 1.54) is 9.36 Å². The predicted octanol–water partition coefficient (Wildman–Crippen LogP) is 2.59. The van der Waals surface area contributed by atoms with Gasteiger partial charge in [0.05, 0.1) is 5.69 Å². The number of carbonyl (C=O) groups is 1. The maximum Gasteiger partial charge on any atom is 0.369 e. The fraction of sp³-hybridized carbons (Fsp3) is 0.462. The Morgan fingerprint density at radius 2 is 2.17 bits per heavy atom. The summed E-state index contributed by atoms with van der Waals surface area (Å²) in [6.07, 6.45) is 4.04. The molecule has 96 valence electrons. The van der Waals surface area contributed by atoms with E-state index in [2.05, 4.69) is 31.0 Å². The molecule has 5 heteroatoms. The van der Waals surface area contributed by atoms with Crippen molar-refractivity contribution in [2.24, 2.45) is 0 Å². The van der Waals surface area contributed by atoms with E-state index in [1.807, 2.05) is 6.92 Å². The van der Waals surface area contributed by atoms with Crippen LogP contribution in [0.2, 0.25) is 0 Å². The maximum absolute atomic E-state index is 12.2. The zero-order valence-corrected chi connectivity index (χ0v) is 11.2. The molecule has 0 radical (unpaired) electrons. The molecule has 0 aliphatic heterocycles. The number of aryl methyl sites for hydroxylation is 1. The topological polar surface area (TPSA) is 52.7 Å². The number of nitrogens with zero attached hydrogens (tertiary/aromatic N) is 4. The first-order valence-electron chi connectivity index (χ1n) is 6.19. The summed E-state index contributed by atoms with van der Waals surface area (Å²) in [5.74, 6) is 0.360. The lowest BCUT2D eigenvalue weighted by atomic mass is 10.00. The van der Waals surface area contributed by atoms with Crippen molar-refractivity contribution in [2.75, 3.05) is 0 Å². The highest BCUT2D eigenvalue weighted by Gasteiger charge is 2.20. The summed E-state index contributed by atoms with van der Waals surface area (Å²) in [6.45, 7) is 8.22. The molecule has 5 nitrogen and oxygen atoms in total. The van der Waals surface area contributed by atoms with Crippen LogP contribution in [0.15, 0.2) is 18.5 Å². The molecule has 0 bridgehead atoms. The molecule has 0 unspecified atom stereocenters. The van der Waals surface area contributed by atoms with E-state index in [0.717, 1.165) is 23.4 Å². The minimum Gasteiger partial charge on any atom is -0.244 e. The van der Waals surface area contributed by atoms with Crippen LogP contribution >= 0.6 is 0 Å². The van der Waals surface area contributed by atoms with Crippen LogP contribution in [0, 0.1) is 6.92 Å². The molecule has 0 N–H and O–H groups in total. The van der Waals surface area contributed by atoms with Crippen molar-refractivity contribution in [3.8, 4) is 0 Å². The van der Waals surface area contributed by atoms with Crippen molar-refractivity contribution in [1.82, 2.24) is 19.6 Å². The Kier molecular flexibility index (Phi) is 3.32.